The molecule has 0 aliphatic heterocycles. The van der Waals surface area contributed by atoms with Crippen molar-refractivity contribution >= 4 is 106 Å². The van der Waals surface area contributed by atoms with Crippen LogP contribution in [-0.2, 0) is 0 Å². The summed E-state index contributed by atoms with van der Waals surface area (Å²) in [6.45, 7) is 0. The highest BCUT2D eigenvalue weighted by Gasteiger charge is 2.19. The highest BCUT2D eigenvalue weighted by Crippen LogP contribution is 2.47. The minimum Gasteiger partial charge on any atom is -0.135 e. The van der Waals surface area contributed by atoms with Crippen molar-refractivity contribution in [3.8, 4) is 33.4 Å². The number of thiophene rings is 2. The maximum Gasteiger partial charge on any atom is 0.0361 e. The number of fused-ring (bicyclic) bond motifs is 12. The Morgan fingerprint density at radius 1 is 0.241 bits per heavy atom. The van der Waals surface area contributed by atoms with Crippen LogP contribution in [-0.4, -0.2) is 0 Å². The monoisotopic (exact) mass is 718 g/mol. The van der Waals surface area contributed by atoms with Crippen molar-refractivity contribution in [2.75, 3.05) is 0 Å². The van der Waals surface area contributed by atoms with E-state index in [1.165, 1.54) is 117 Å². The van der Waals surface area contributed by atoms with Crippen LogP contribution >= 0.6 is 22.7 Å². The standard InChI is InChI=1S/C52H30S2/c1-2-12-31(13-3-1)50-40-22-10-18-34(32-16-8-20-38-36(32)26-28-48-51(38)42-14-4-6-24-46(42)53-48)44(40)30-45-35(19-11-23-41(45)50)33-17-9-21-39-37(33)27-29-49-52(39)43-15-5-7-25-47(43)54-49/h1-30H. The molecule has 0 atom stereocenters. The van der Waals surface area contributed by atoms with Crippen LogP contribution in [0.2, 0.25) is 0 Å². The fraction of sp³-hybridized carbons (Fsp3) is 0. The van der Waals surface area contributed by atoms with Crippen LogP contribution in [0.5, 0.6) is 0 Å². The van der Waals surface area contributed by atoms with Crippen molar-refractivity contribution in [2.45, 2.75) is 0 Å². The highest BCUT2D eigenvalue weighted by molar-refractivity contribution is 7.26. The second-order valence-corrected chi connectivity index (χ2v) is 16.5. The van der Waals surface area contributed by atoms with Gasteiger partial charge in [0.15, 0.2) is 0 Å². The van der Waals surface area contributed by atoms with E-state index in [0.717, 1.165) is 0 Å². The summed E-state index contributed by atoms with van der Waals surface area (Å²) in [5.74, 6) is 0. The van der Waals surface area contributed by atoms with Crippen LogP contribution in [0.15, 0.2) is 182 Å². The van der Waals surface area contributed by atoms with Gasteiger partial charge in [-0.2, -0.15) is 0 Å². The third kappa shape index (κ3) is 4.30. The van der Waals surface area contributed by atoms with E-state index >= 15 is 0 Å². The zero-order valence-corrected chi connectivity index (χ0v) is 30.8. The van der Waals surface area contributed by atoms with E-state index in [0.29, 0.717) is 0 Å². The first-order valence-electron chi connectivity index (χ1n) is 18.5. The summed E-state index contributed by atoms with van der Waals surface area (Å²) in [5.41, 5.74) is 7.57. The van der Waals surface area contributed by atoms with Gasteiger partial charge in [-0.05, 0) is 107 Å². The first-order valence-corrected chi connectivity index (χ1v) is 20.1. The first-order chi connectivity index (χ1) is 26.8. The van der Waals surface area contributed by atoms with Gasteiger partial charge < -0.3 is 0 Å². The van der Waals surface area contributed by atoms with Crippen molar-refractivity contribution in [1.29, 1.82) is 0 Å². The Morgan fingerprint density at radius 2 is 0.648 bits per heavy atom. The largest absolute Gasteiger partial charge is 0.135 e. The minimum absolute atomic E-state index is 1.23. The molecular weight excluding hydrogens is 689 g/mol. The molecule has 0 nitrogen and oxygen atoms in total. The van der Waals surface area contributed by atoms with Crippen molar-refractivity contribution in [3.05, 3.63) is 182 Å². The van der Waals surface area contributed by atoms with Crippen molar-refractivity contribution in [1.82, 2.24) is 0 Å². The minimum atomic E-state index is 1.23. The van der Waals surface area contributed by atoms with Crippen LogP contribution < -0.4 is 0 Å². The van der Waals surface area contributed by atoms with Gasteiger partial charge in [-0.1, -0.05) is 152 Å². The Kier molecular flexibility index (Phi) is 6.48. The Hall–Kier alpha value is -6.32. The van der Waals surface area contributed by atoms with E-state index in [1.807, 2.05) is 22.7 Å². The van der Waals surface area contributed by atoms with Gasteiger partial charge in [-0.25, -0.2) is 0 Å². The molecule has 54 heavy (non-hydrogen) atoms. The average molecular weight is 719 g/mol. The summed E-state index contributed by atoms with van der Waals surface area (Å²) in [6.07, 6.45) is 0. The van der Waals surface area contributed by atoms with Gasteiger partial charge in [0, 0.05) is 40.3 Å². The van der Waals surface area contributed by atoms with E-state index in [1.54, 1.807) is 0 Å². The van der Waals surface area contributed by atoms with Crippen LogP contribution in [0.3, 0.4) is 0 Å². The van der Waals surface area contributed by atoms with Crippen LogP contribution in [0.4, 0.5) is 0 Å². The molecule has 10 aromatic carbocycles. The molecule has 250 valence electrons. The average Bonchev–Trinajstić information content (AvgIpc) is 3.81. The summed E-state index contributed by atoms with van der Waals surface area (Å²) in [4.78, 5) is 0. The Bertz CT molecular complexity index is 3280. The molecule has 0 N–H and O–H groups in total. The number of rotatable bonds is 3. The summed E-state index contributed by atoms with van der Waals surface area (Å²) in [7, 11) is 0. The van der Waals surface area contributed by atoms with Gasteiger partial charge in [-0.3, -0.25) is 0 Å². The lowest BCUT2D eigenvalue weighted by molar-refractivity contribution is 1.66. The van der Waals surface area contributed by atoms with Gasteiger partial charge in [-0.15, -0.1) is 22.7 Å². The van der Waals surface area contributed by atoms with E-state index < -0.39 is 0 Å². The number of hydrogen-bond donors (Lipinski definition) is 0. The molecule has 0 saturated heterocycles. The van der Waals surface area contributed by atoms with Crippen LogP contribution in [0.25, 0.3) is 117 Å². The number of hydrogen-bond acceptors (Lipinski definition) is 2. The molecule has 0 bridgehead atoms. The van der Waals surface area contributed by atoms with Crippen molar-refractivity contribution < 1.29 is 0 Å². The van der Waals surface area contributed by atoms with Crippen molar-refractivity contribution in [2.24, 2.45) is 0 Å². The second-order valence-electron chi connectivity index (χ2n) is 14.3. The molecule has 0 aliphatic carbocycles. The fourth-order valence-electron chi connectivity index (χ4n) is 9.18. The van der Waals surface area contributed by atoms with E-state index in [2.05, 4.69) is 182 Å². The quantitative estimate of drug-likeness (QED) is 0.160. The first kappa shape index (κ1) is 30.2. The smallest absolute Gasteiger partial charge is 0.0361 e. The molecule has 0 radical (unpaired) electrons. The normalized spacial score (nSPS) is 12.1. The van der Waals surface area contributed by atoms with Gasteiger partial charge in [0.05, 0.1) is 0 Å². The zero-order valence-electron chi connectivity index (χ0n) is 29.1. The van der Waals surface area contributed by atoms with E-state index in [9.17, 15) is 0 Å². The molecule has 12 rings (SSSR count). The predicted molar refractivity (Wildman–Crippen MR) is 239 cm³/mol. The summed E-state index contributed by atoms with van der Waals surface area (Å²) >= 11 is 3.77. The van der Waals surface area contributed by atoms with E-state index in [-0.39, 0.29) is 0 Å². The molecule has 2 heterocycles. The van der Waals surface area contributed by atoms with Gasteiger partial charge in [0.2, 0.25) is 0 Å². The summed E-state index contributed by atoms with van der Waals surface area (Å²) in [6, 6.07) is 68.0. The highest BCUT2D eigenvalue weighted by atomic mass is 32.1. The maximum absolute atomic E-state index is 2.48. The topological polar surface area (TPSA) is 0 Å². The molecule has 2 aromatic heterocycles. The Balaban J connectivity index is 1.19. The lowest BCUT2D eigenvalue weighted by Gasteiger charge is -2.18. The summed E-state index contributed by atoms with van der Waals surface area (Å²) < 4.78 is 5.35. The number of benzene rings is 10. The molecule has 0 spiro atoms. The molecule has 0 unspecified atom stereocenters. The lowest BCUT2D eigenvalue weighted by atomic mass is 9.85. The SMILES string of the molecule is c1ccc(-c2c3cccc(-c4cccc5c4ccc4sc6ccccc6c45)c3cc3c(-c4cccc5c4ccc4sc6ccccc6c45)cccc23)cc1. The molecule has 0 saturated carbocycles. The van der Waals surface area contributed by atoms with Gasteiger partial charge >= 0.3 is 0 Å². The van der Waals surface area contributed by atoms with Gasteiger partial charge in [0.25, 0.3) is 0 Å². The molecule has 12 aromatic rings. The summed E-state index contributed by atoms with van der Waals surface area (Å²) in [5, 5.41) is 15.7. The molecule has 0 aliphatic rings. The van der Waals surface area contributed by atoms with E-state index in [4.69, 9.17) is 0 Å². The lowest BCUT2D eigenvalue weighted by Crippen LogP contribution is -1.91. The van der Waals surface area contributed by atoms with Crippen molar-refractivity contribution in [3.63, 3.8) is 0 Å². The van der Waals surface area contributed by atoms with Crippen LogP contribution in [0, 0.1) is 0 Å². The maximum atomic E-state index is 2.48. The fourth-order valence-corrected chi connectivity index (χ4v) is 11.4. The molecule has 2 heteroatoms. The third-order valence-corrected chi connectivity index (χ3v) is 13.8. The zero-order chi connectivity index (χ0) is 35.3. The predicted octanol–water partition coefficient (Wildman–Crippen LogP) is 16.0. The third-order valence-electron chi connectivity index (χ3n) is 11.5. The Labute approximate surface area is 319 Å². The van der Waals surface area contributed by atoms with Crippen LogP contribution in [0.1, 0.15) is 0 Å². The molecule has 0 amide bonds. The molecule has 0 fully saturated rings. The molecular formula is C52H30S2. The van der Waals surface area contributed by atoms with Gasteiger partial charge in [0.1, 0.15) is 0 Å². The second kappa shape index (κ2) is 11.6. The Morgan fingerprint density at radius 3 is 1.15 bits per heavy atom.